The maximum Gasteiger partial charge on any atom is 0.387 e. The number of nitriles is 1. The first-order valence-corrected chi connectivity index (χ1v) is 5.03. The molecular weight excluding hydrogens is 252 g/mol. The van der Waals surface area contributed by atoms with E-state index in [4.69, 9.17) is 16.9 Å². The molecule has 0 aromatic heterocycles. The van der Waals surface area contributed by atoms with Crippen LogP contribution in [0.2, 0.25) is 0 Å². The highest BCUT2D eigenvalue weighted by atomic mass is 35.5. The number of Topliss-reactive ketones (excluding diaryl/α,β-unsaturated/α-hetero) is 1. The molecule has 0 saturated heterocycles. The Hall–Kier alpha value is -1.67. The van der Waals surface area contributed by atoms with Gasteiger partial charge in [-0.3, -0.25) is 4.79 Å². The number of alkyl halides is 3. The molecule has 0 radical (unpaired) electrons. The zero-order valence-electron chi connectivity index (χ0n) is 8.78. The number of halogens is 3. The lowest BCUT2D eigenvalue weighted by Crippen LogP contribution is -2.08. The van der Waals surface area contributed by atoms with E-state index in [2.05, 4.69) is 4.74 Å². The Labute approximate surface area is 102 Å². The van der Waals surface area contributed by atoms with Crippen LogP contribution in [0.5, 0.6) is 5.75 Å². The zero-order chi connectivity index (χ0) is 13.0. The molecule has 0 fully saturated rings. The van der Waals surface area contributed by atoms with Crippen molar-refractivity contribution in [1.29, 1.82) is 5.26 Å². The maximum absolute atomic E-state index is 12.1. The van der Waals surface area contributed by atoms with Gasteiger partial charge in [0.1, 0.15) is 17.2 Å². The highest BCUT2D eigenvalue weighted by Crippen LogP contribution is 2.31. The van der Waals surface area contributed by atoms with E-state index in [1.807, 2.05) is 0 Å². The van der Waals surface area contributed by atoms with Crippen LogP contribution in [0.15, 0.2) is 18.2 Å². The van der Waals surface area contributed by atoms with Gasteiger partial charge in [0.15, 0.2) is 5.78 Å². The first kappa shape index (κ1) is 13.4. The van der Waals surface area contributed by atoms with Crippen molar-refractivity contribution in [3.8, 4) is 11.8 Å². The van der Waals surface area contributed by atoms with Crippen molar-refractivity contribution in [1.82, 2.24) is 0 Å². The molecule has 1 atom stereocenters. The molecule has 90 valence electrons. The number of ether oxygens (including phenoxy) is 1. The third kappa shape index (κ3) is 3.14. The highest BCUT2D eigenvalue weighted by Gasteiger charge is 2.21. The number of hydrogen-bond acceptors (Lipinski definition) is 3. The van der Waals surface area contributed by atoms with Crippen LogP contribution < -0.4 is 4.74 Å². The average Bonchev–Trinajstić information content (AvgIpc) is 2.26. The Balaban J connectivity index is 3.24. The van der Waals surface area contributed by atoms with Crippen LogP contribution in [0.3, 0.4) is 0 Å². The van der Waals surface area contributed by atoms with Crippen LogP contribution >= 0.6 is 11.6 Å². The summed E-state index contributed by atoms with van der Waals surface area (Å²) in [7, 11) is 0. The Morgan fingerprint density at radius 2 is 2.18 bits per heavy atom. The van der Waals surface area contributed by atoms with Gasteiger partial charge in [-0.05, 0) is 18.6 Å². The summed E-state index contributed by atoms with van der Waals surface area (Å²) in [5.74, 6) is -0.663. The van der Waals surface area contributed by atoms with E-state index in [9.17, 15) is 13.6 Å². The molecule has 0 heterocycles. The van der Waals surface area contributed by atoms with Gasteiger partial charge in [0, 0.05) is 0 Å². The Bertz CT molecular complexity index is 471. The fourth-order valence-electron chi connectivity index (χ4n) is 1.29. The smallest absolute Gasteiger partial charge is 0.387 e. The summed E-state index contributed by atoms with van der Waals surface area (Å²) in [6.07, 6.45) is 0. The molecule has 0 N–H and O–H groups in total. The van der Waals surface area contributed by atoms with E-state index >= 15 is 0 Å². The molecule has 0 amide bonds. The molecule has 0 bridgehead atoms. The van der Waals surface area contributed by atoms with Crippen molar-refractivity contribution in [2.45, 2.75) is 18.9 Å². The molecule has 6 heteroatoms. The van der Waals surface area contributed by atoms with Gasteiger partial charge in [-0.1, -0.05) is 12.1 Å². The first-order valence-electron chi connectivity index (χ1n) is 4.59. The third-order valence-corrected chi connectivity index (χ3v) is 2.56. The third-order valence-electron chi connectivity index (χ3n) is 2.02. The van der Waals surface area contributed by atoms with Crippen molar-refractivity contribution >= 4 is 17.4 Å². The van der Waals surface area contributed by atoms with E-state index in [1.54, 1.807) is 6.07 Å². The molecule has 0 aliphatic heterocycles. The summed E-state index contributed by atoms with van der Waals surface area (Å²) in [5.41, 5.74) is 0.0165. The van der Waals surface area contributed by atoms with Gasteiger partial charge in [0.05, 0.1) is 5.56 Å². The molecule has 17 heavy (non-hydrogen) atoms. The van der Waals surface area contributed by atoms with E-state index < -0.39 is 12.0 Å². The van der Waals surface area contributed by atoms with Gasteiger partial charge >= 0.3 is 6.61 Å². The summed E-state index contributed by atoms with van der Waals surface area (Å²) in [5, 5.41) is 7.85. The van der Waals surface area contributed by atoms with Gasteiger partial charge in [0.2, 0.25) is 0 Å². The highest BCUT2D eigenvalue weighted by molar-refractivity contribution is 6.31. The lowest BCUT2D eigenvalue weighted by atomic mass is 10.0. The summed E-state index contributed by atoms with van der Waals surface area (Å²) in [6.45, 7) is -1.79. The van der Waals surface area contributed by atoms with Crippen LogP contribution in [0.4, 0.5) is 8.78 Å². The minimum Gasteiger partial charge on any atom is -0.433 e. The van der Waals surface area contributed by atoms with Crippen LogP contribution in [-0.2, 0) is 4.79 Å². The predicted molar refractivity (Wildman–Crippen MR) is 57.1 cm³/mol. The van der Waals surface area contributed by atoms with Crippen LogP contribution in [0, 0.1) is 11.3 Å². The fraction of sp³-hybridized carbons (Fsp3) is 0.273. The fourth-order valence-corrected chi connectivity index (χ4v) is 1.47. The van der Waals surface area contributed by atoms with E-state index in [-0.39, 0.29) is 22.7 Å². The minimum absolute atomic E-state index is 0.150. The summed E-state index contributed by atoms with van der Waals surface area (Å²) in [6, 6.07) is 5.75. The Kier molecular flexibility index (Phi) is 4.41. The van der Waals surface area contributed by atoms with Crippen molar-refractivity contribution in [3.05, 3.63) is 29.3 Å². The normalized spacial score (nSPS) is 12.0. The number of carbonyl (C=O) groups excluding carboxylic acids is 1. The minimum atomic E-state index is -3.04. The van der Waals surface area contributed by atoms with Crippen LogP contribution in [0.25, 0.3) is 0 Å². The second-order valence-corrected chi connectivity index (χ2v) is 3.62. The molecule has 0 saturated carbocycles. The van der Waals surface area contributed by atoms with E-state index in [1.165, 1.54) is 25.1 Å². The van der Waals surface area contributed by atoms with E-state index in [0.29, 0.717) is 0 Å². The largest absolute Gasteiger partial charge is 0.433 e. The summed E-state index contributed by atoms with van der Waals surface area (Å²) >= 11 is 5.79. The molecule has 0 aliphatic rings. The second kappa shape index (κ2) is 5.60. The zero-order valence-corrected chi connectivity index (χ0v) is 9.54. The topological polar surface area (TPSA) is 50.1 Å². The SMILES string of the molecule is CC(=O)C(Cl)c1cccc(OC(F)F)c1C#N. The molecule has 1 rings (SSSR count). The van der Waals surface area contributed by atoms with Gasteiger partial charge in [-0.25, -0.2) is 0 Å². The van der Waals surface area contributed by atoms with Gasteiger partial charge in [-0.2, -0.15) is 14.0 Å². The number of hydrogen-bond donors (Lipinski definition) is 0. The summed E-state index contributed by atoms with van der Waals surface area (Å²) in [4.78, 5) is 11.1. The molecule has 3 nitrogen and oxygen atoms in total. The van der Waals surface area contributed by atoms with Crippen molar-refractivity contribution < 1.29 is 18.3 Å². The molecule has 1 unspecified atom stereocenters. The standard InChI is InChI=1S/C11H8ClF2NO2/c1-6(16)10(12)7-3-2-4-9(8(7)5-15)17-11(13)14/h2-4,10-11H,1H3. The van der Waals surface area contributed by atoms with Crippen molar-refractivity contribution in [2.75, 3.05) is 0 Å². The molecular formula is C11H8ClF2NO2. The molecule has 0 aliphatic carbocycles. The predicted octanol–water partition coefficient (Wildman–Crippen LogP) is 3.03. The molecule has 1 aromatic carbocycles. The van der Waals surface area contributed by atoms with Crippen LogP contribution in [0.1, 0.15) is 23.4 Å². The Morgan fingerprint density at radius 3 is 2.65 bits per heavy atom. The number of ketones is 1. The van der Waals surface area contributed by atoms with Crippen molar-refractivity contribution in [3.63, 3.8) is 0 Å². The van der Waals surface area contributed by atoms with Crippen LogP contribution in [-0.4, -0.2) is 12.4 Å². The number of benzene rings is 1. The van der Waals surface area contributed by atoms with Crippen molar-refractivity contribution in [2.24, 2.45) is 0 Å². The molecule has 1 aromatic rings. The number of nitrogens with zero attached hydrogens (tertiary/aromatic N) is 1. The maximum atomic E-state index is 12.1. The van der Waals surface area contributed by atoms with Gasteiger partial charge in [0.25, 0.3) is 0 Å². The van der Waals surface area contributed by atoms with E-state index in [0.717, 1.165) is 0 Å². The first-order chi connectivity index (χ1) is 7.97. The lowest BCUT2D eigenvalue weighted by Gasteiger charge is -2.12. The number of rotatable bonds is 4. The quantitative estimate of drug-likeness (QED) is 0.781. The van der Waals surface area contributed by atoms with Gasteiger partial charge < -0.3 is 4.74 Å². The monoisotopic (exact) mass is 259 g/mol. The number of carbonyl (C=O) groups is 1. The second-order valence-electron chi connectivity index (χ2n) is 3.18. The van der Waals surface area contributed by atoms with Gasteiger partial charge in [-0.15, -0.1) is 11.6 Å². The Morgan fingerprint density at radius 1 is 1.53 bits per heavy atom. The lowest BCUT2D eigenvalue weighted by molar-refractivity contribution is -0.116. The molecule has 0 spiro atoms. The average molecular weight is 260 g/mol. The summed E-state index contributed by atoms with van der Waals surface area (Å²) < 4.78 is 28.4.